The van der Waals surface area contributed by atoms with Crippen molar-refractivity contribution in [3.8, 4) is 0 Å². The van der Waals surface area contributed by atoms with Crippen LogP contribution in [0.1, 0.15) is 66.7 Å². The Morgan fingerprint density at radius 3 is 1.75 bits per heavy atom. The highest BCUT2D eigenvalue weighted by molar-refractivity contribution is 5.99. The number of benzene rings is 6. The van der Waals surface area contributed by atoms with Crippen LogP contribution in [0.2, 0.25) is 0 Å². The minimum atomic E-state index is -0.984. The standard InChI is InChI=1S/C26H26N2O2.C25H22N2O2/c1-25(17-28(4)23-12-8-7-11-22(23)25)26(18-13-15-19(16-14-18)27(2)3)21-10-6-5-9-20(21)24(29)30-26;1-16-23(20-9-5-7-11-22(20)26-16)25(17-12-14-18(15-13-17)27(2)3)21-10-6-4-8-19(21)24(28)29-25/h5-16H,17H2,1-4H3;4-15,26H,1-3H3. The number of esters is 2. The van der Waals surface area contributed by atoms with Gasteiger partial charge >= 0.3 is 11.9 Å². The number of hydrogen-bond donors (Lipinski definition) is 1. The van der Waals surface area contributed by atoms with Gasteiger partial charge in [-0.3, -0.25) is 0 Å². The molecule has 296 valence electrons. The van der Waals surface area contributed by atoms with Gasteiger partial charge in [-0.15, -0.1) is 0 Å². The first kappa shape index (κ1) is 37.8. The van der Waals surface area contributed by atoms with E-state index in [0.717, 1.165) is 62.3 Å². The van der Waals surface area contributed by atoms with Crippen LogP contribution in [0.15, 0.2) is 146 Å². The van der Waals surface area contributed by atoms with E-state index in [1.165, 1.54) is 11.3 Å². The first-order valence-corrected chi connectivity index (χ1v) is 20.0. The Labute approximate surface area is 345 Å². The van der Waals surface area contributed by atoms with Crippen molar-refractivity contribution in [2.45, 2.75) is 30.5 Å². The Balaban J connectivity index is 0.000000152. The number of fused-ring (bicyclic) bond motifs is 4. The number of H-pyrrole nitrogens is 1. The van der Waals surface area contributed by atoms with Crippen molar-refractivity contribution in [3.63, 3.8) is 0 Å². The Hall–Kier alpha value is -6.80. The maximum atomic E-state index is 13.1. The van der Waals surface area contributed by atoms with Gasteiger partial charge in [-0.2, -0.15) is 0 Å². The molecule has 0 saturated heterocycles. The van der Waals surface area contributed by atoms with Gasteiger partial charge in [0.1, 0.15) is 0 Å². The molecule has 1 N–H and O–H groups in total. The third-order valence-electron chi connectivity index (χ3n) is 12.6. The predicted octanol–water partition coefficient (Wildman–Crippen LogP) is 9.58. The van der Waals surface area contributed by atoms with E-state index in [4.69, 9.17) is 9.47 Å². The summed E-state index contributed by atoms with van der Waals surface area (Å²) in [6.45, 7) is 5.02. The summed E-state index contributed by atoms with van der Waals surface area (Å²) in [7, 11) is 10.2. The van der Waals surface area contributed by atoms with Crippen molar-refractivity contribution in [1.29, 1.82) is 0 Å². The normalized spacial score (nSPS) is 21.2. The van der Waals surface area contributed by atoms with Crippen LogP contribution in [-0.2, 0) is 26.1 Å². The minimum absolute atomic E-state index is 0.254. The molecule has 8 nitrogen and oxygen atoms in total. The number of hydrogen-bond acceptors (Lipinski definition) is 7. The van der Waals surface area contributed by atoms with Gasteiger partial charge in [0.2, 0.25) is 0 Å². The Morgan fingerprint density at radius 1 is 0.593 bits per heavy atom. The minimum Gasteiger partial charge on any atom is -0.445 e. The number of para-hydroxylation sites is 2. The predicted molar refractivity (Wildman–Crippen MR) is 236 cm³/mol. The molecule has 3 aliphatic rings. The molecule has 7 aromatic rings. The average molecular weight is 781 g/mol. The summed E-state index contributed by atoms with van der Waals surface area (Å²) in [6, 6.07) is 48.8. The number of rotatable bonds is 6. The third kappa shape index (κ3) is 5.57. The smallest absolute Gasteiger partial charge is 0.340 e. The molecule has 0 saturated carbocycles. The number of cyclic esters (lactones) is 2. The van der Waals surface area contributed by atoms with Gasteiger partial charge in [0.05, 0.1) is 16.5 Å². The van der Waals surface area contributed by atoms with E-state index in [0.29, 0.717) is 11.1 Å². The van der Waals surface area contributed by atoms with Gasteiger partial charge in [-0.25, -0.2) is 9.59 Å². The van der Waals surface area contributed by atoms with E-state index in [1.54, 1.807) is 0 Å². The lowest BCUT2D eigenvalue weighted by Gasteiger charge is -2.44. The van der Waals surface area contributed by atoms with Gasteiger partial charge in [-0.1, -0.05) is 97.1 Å². The summed E-state index contributed by atoms with van der Waals surface area (Å²) in [5.41, 5.74) is 10.3. The zero-order valence-corrected chi connectivity index (χ0v) is 34.5. The van der Waals surface area contributed by atoms with Gasteiger partial charge in [0.25, 0.3) is 0 Å². The van der Waals surface area contributed by atoms with Crippen molar-refractivity contribution < 1.29 is 19.1 Å². The molecule has 10 rings (SSSR count). The number of nitrogens with zero attached hydrogens (tertiary/aromatic N) is 3. The van der Waals surface area contributed by atoms with E-state index in [-0.39, 0.29) is 11.9 Å². The van der Waals surface area contributed by atoms with Crippen molar-refractivity contribution in [2.75, 3.05) is 56.5 Å². The van der Waals surface area contributed by atoms with Crippen LogP contribution in [-0.4, -0.2) is 58.7 Å². The summed E-state index contributed by atoms with van der Waals surface area (Å²) in [4.78, 5) is 35.9. The number of anilines is 3. The molecule has 3 atom stereocenters. The van der Waals surface area contributed by atoms with Crippen LogP contribution in [0.4, 0.5) is 17.1 Å². The molecule has 1 aromatic heterocycles. The monoisotopic (exact) mass is 780 g/mol. The van der Waals surface area contributed by atoms with Crippen molar-refractivity contribution >= 4 is 39.9 Å². The quantitative estimate of drug-likeness (QED) is 0.169. The first-order chi connectivity index (χ1) is 28.4. The number of aromatic nitrogens is 1. The van der Waals surface area contributed by atoms with E-state index >= 15 is 0 Å². The van der Waals surface area contributed by atoms with Crippen molar-refractivity contribution in [2.24, 2.45) is 0 Å². The van der Waals surface area contributed by atoms with E-state index < -0.39 is 16.6 Å². The first-order valence-electron chi connectivity index (χ1n) is 20.0. The van der Waals surface area contributed by atoms with E-state index in [9.17, 15) is 9.59 Å². The van der Waals surface area contributed by atoms with Gasteiger partial charge in [-0.05, 0) is 67.9 Å². The number of carbonyl (C=O) groups is 2. The Morgan fingerprint density at radius 2 is 1.10 bits per heavy atom. The maximum absolute atomic E-state index is 13.1. The van der Waals surface area contributed by atoms with E-state index in [2.05, 4.69) is 119 Å². The van der Waals surface area contributed by atoms with Crippen LogP contribution in [0.5, 0.6) is 0 Å². The molecule has 0 amide bonds. The van der Waals surface area contributed by atoms with Crippen molar-refractivity contribution in [3.05, 3.63) is 196 Å². The molecule has 0 aliphatic carbocycles. The highest BCUT2D eigenvalue weighted by atomic mass is 16.6. The number of ether oxygens (including phenoxy) is 2. The molecular formula is C51H48N4O4. The summed E-state index contributed by atoms with van der Waals surface area (Å²) in [5, 5.41) is 1.06. The van der Waals surface area contributed by atoms with Crippen LogP contribution in [0.25, 0.3) is 10.9 Å². The molecule has 0 bridgehead atoms. The number of nitrogens with one attached hydrogen (secondary N) is 1. The molecule has 0 radical (unpaired) electrons. The molecule has 0 spiro atoms. The molecular weight excluding hydrogens is 733 g/mol. The summed E-state index contributed by atoms with van der Waals surface area (Å²) >= 11 is 0. The molecule has 8 heteroatoms. The molecule has 6 aromatic carbocycles. The highest BCUT2D eigenvalue weighted by Gasteiger charge is 2.62. The van der Waals surface area contributed by atoms with Crippen LogP contribution >= 0.6 is 0 Å². The lowest BCUT2D eigenvalue weighted by Crippen LogP contribution is -2.50. The summed E-state index contributed by atoms with van der Waals surface area (Å²) in [5.74, 6) is -0.544. The van der Waals surface area contributed by atoms with E-state index in [1.807, 2.05) is 95.8 Å². The molecule has 3 unspecified atom stereocenters. The lowest BCUT2D eigenvalue weighted by atomic mass is 9.63. The third-order valence-corrected chi connectivity index (χ3v) is 12.6. The zero-order chi connectivity index (χ0) is 41.3. The summed E-state index contributed by atoms with van der Waals surface area (Å²) in [6.07, 6.45) is 0. The molecule has 59 heavy (non-hydrogen) atoms. The van der Waals surface area contributed by atoms with Gasteiger partial charge in [0, 0.05) is 103 Å². The largest absolute Gasteiger partial charge is 0.445 e. The SMILES string of the molecule is CN(C)c1ccc(C2(C3(C)CN(C)c4ccccc43)OC(=O)c3ccccc32)cc1.Cc1[nH]c2ccccc2c1C1(c2ccc(N(C)C)cc2)OC(=O)c2ccccc21. The Bertz CT molecular complexity index is 2750. The average Bonchev–Trinajstić information content (AvgIpc) is 3.94. The van der Waals surface area contributed by atoms with Crippen LogP contribution < -0.4 is 14.7 Å². The molecule has 3 aliphatic heterocycles. The maximum Gasteiger partial charge on any atom is 0.340 e. The van der Waals surface area contributed by atoms with Gasteiger partial charge < -0.3 is 29.2 Å². The fourth-order valence-electron chi connectivity index (χ4n) is 9.86. The van der Waals surface area contributed by atoms with Crippen LogP contribution in [0, 0.1) is 6.92 Å². The fraction of sp³-hybridized carbons (Fsp3) is 0.216. The summed E-state index contributed by atoms with van der Waals surface area (Å²) < 4.78 is 12.7. The fourth-order valence-corrected chi connectivity index (χ4v) is 9.86. The van der Waals surface area contributed by atoms with Crippen molar-refractivity contribution in [1.82, 2.24) is 4.98 Å². The molecule has 0 fully saturated rings. The molecule has 4 heterocycles. The number of aryl methyl sites for hydroxylation is 1. The number of carbonyl (C=O) groups excluding carboxylic acids is 2. The number of aromatic amines is 1. The zero-order valence-electron chi connectivity index (χ0n) is 34.5. The second-order valence-electron chi connectivity index (χ2n) is 16.5. The lowest BCUT2D eigenvalue weighted by molar-refractivity contribution is -0.0231. The topological polar surface area (TPSA) is 78.1 Å². The number of likely N-dealkylation sites (N-methyl/N-ethyl adjacent to an activating group) is 1. The van der Waals surface area contributed by atoms with Gasteiger partial charge in [0.15, 0.2) is 11.2 Å². The Kier molecular flexibility index (Phi) is 8.92. The second kappa shape index (κ2) is 13.9. The highest BCUT2D eigenvalue weighted by Crippen LogP contribution is 2.59. The van der Waals surface area contributed by atoms with Crippen LogP contribution in [0.3, 0.4) is 0 Å². The second-order valence-corrected chi connectivity index (χ2v) is 16.5.